The Hall–Kier alpha value is -0.280. The standard InChI is InChI=1S/C9H17NO2.ClH/c1-6(2)3-7-4-10-5-8(7)9(11)12;/h6-8,10H,3-5H2,1-2H3,(H,11,12);1H. The topological polar surface area (TPSA) is 49.3 Å². The first-order valence-corrected chi connectivity index (χ1v) is 4.54. The molecule has 0 spiro atoms. The van der Waals surface area contributed by atoms with Crippen LogP contribution in [0.25, 0.3) is 0 Å². The molecule has 0 aromatic carbocycles. The molecule has 0 aromatic heterocycles. The van der Waals surface area contributed by atoms with E-state index in [2.05, 4.69) is 19.2 Å². The van der Waals surface area contributed by atoms with Crippen LogP contribution in [-0.2, 0) is 4.79 Å². The van der Waals surface area contributed by atoms with Gasteiger partial charge in [0.2, 0.25) is 0 Å². The van der Waals surface area contributed by atoms with Gasteiger partial charge < -0.3 is 10.4 Å². The molecule has 2 atom stereocenters. The SMILES string of the molecule is CC(C)CC1CNCC1C(=O)O.Cl. The van der Waals surface area contributed by atoms with Crippen LogP contribution in [0.1, 0.15) is 20.3 Å². The fraction of sp³-hybridized carbons (Fsp3) is 0.889. The van der Waals surface area contributed by atoms with E-state index in [1.54, 1.807) is 0 Å². The summed E-state index contributed by atoms with van der Waals surface area (Å²) in [5, 5.41) is 12.0. The van der Waals surface area contributed by atoms with Gasteiger partial charge in [0, 0.05) is 6.54 Å². The molecule has 0 radical (unpaired) electrons. The third-order valence-corrected chi connectivity index (χ3v) is 2.43. The number of halogens is 1. The lowest BCUT2D eigenvalue weighted by molar-refractivity contribution is -0.142. The van der Waals surface area contributed by atoms with Crippen LogP contribution in [0.4, 0.5) is 0 Å². The lowest BCUT2D eigenvalue weighted by Crippen LogP contribution is -2.23. The second-order valence-electron chi connectivity index (χ2n) is 3.99. The lowest BCUT2D eigenvalue weighted by Gasteiger charge is -2.16. The molecule has 1 fully saturated rings. The molecule has 1 heterocycles. The molecule has 1 saturated heterocycles. The first-order chi connectivity index (χ1) is 5.61. The Kier molecular flexibility index (Phi) is 5.33. The van der Waals surface area contributed by atoms with Gasteiger partial charge in [0.05, 0.1) is 5.92 Å². The zero-order valence-corrected chi connectivity index (χ0v) is 8.93. The van der Waals surface area contributed by atoms with Gasteiger partial charge in [-0.05, 0) is 24.8 Å². The van der Waals surface area contributed by atoms with Gasteiger partial charge >= 0.3 is 5.97 Å². The molecular weight excluding hydrogens is 190 g/mol. The fourth-order valence-electron chi connectivity index (χ4n) is 1.88. The van der Waals surface area contributed by atoms with E-state index in [4.69, 9.17) is 5.11 Å². The third kappa shape index (κ3) is 3.53. The maximum Gasteiger partial charge on any atom is 0.308 e. The maximum atomic E-state index is 10.8. The molecule has 0 bridgehead atoms. The molecule has 2 N–H and O–H groups in total. The van der Waals surface area contributed by atoms with Gasteiger partial charge in [-0.1, -0.05) is 13.8 Å². The van der Waals surface area contributed by atoms with Crippen LogP contribution in [0.3, 0.4) is 0 Å². The molecule has 2 unspecified atom stereocenters. The zero-order valence-electron chi connectivity index (χ0n) is 8.12. The highest BCUT2D eigenvalue weighted by molar-refractivity contribution is 5.85. The normalized spacial score (nSPS) is 27.3. The molecule has 0 saturated carbocycles. The van der Waals surface area contributed by atoms with E-state index in [0.29, 0.717) is 18.4 Å². The van der Waals surface area contributed by atoms with Gasteiger partial charge in [-0.2, -0.15) is 0 Å². The van der Waals surface area contributed by atoms with E-state index < -0.39 is 5.97 Å². The van der Waals surface area contributed by atoms with Crippen LogP contribution in [0.15, 0.2) is 0 Å². The van der Waals surface area contributed by atoms with Crippen molar-refractivity contribution in [3.63, 3.8) is 0 Å². The van der Waals surface area contributed by atoms with Crippen molar-refractivity contribution < 1.29 is 9.90 Å². The van der Waals surface area contributed by atoms with Crippen molar-refractivity contribution in [2.24, 2.45) is 17.8 Å². The van der Waals surface area contributed by atoms with Crippen molar-refractivity contribution in [3.05, 3.63) is 0 Å². The highest BCUT2D eigenvalue weighted by atomic mass is 35.5. The summed E-state index contributed by atoms with van der Waals surface area (Å²) in [4.78, 5) is 10.8. The Morgan fingerprint density at radius 3 is 2.62 bits per heavy atom. The molecule has 1 aliphatic rings. The molecule has 1 aliphatic heterocycles. The van der Waals surface area contributed by atoms with E-state index >= 15 is 0 Å². The number of nitrogens with one attached hydrogen (secondary N) is 1. The largest absolute Gasteiger partial charge is 0.481 e. The predicted octanol–water partition coefficient (Wildman–Crippen LogP) is 1.37. The highest BCUT2D eigenvalue weighted by Gasteiger charge is 2.32. The molecule has 1 rings (SSSR count). The highest BCUT2D eigenvalue weighted by Crippen LogP contribution is 2.23. The number of carbonyl (C=O) groups is 1. The van der Waals surface area contributed by atoms with Gasteiger partial charge in [0.1, 0.15) is 0 Å². The molecule has 13 heavy (non-hydrogen) atoms. The van der Waals surface area contributed by atoms with E-state index in [1.165, 1.54) is 0 Å². The molecule has 3 nitrogen and oxygen atoms in total. The first kappa shape index (κ1) is 12.7. The Morgan fingerprint density at radius 2 is 2.15 bits per heavy atom. The fourth-order valence-corrected chi connectivity index (χ4v) is 1.88. The lowest BCUT2D eigenvalue weighted by atomic mass is 9.88. The van der Waals surface area contributed by atoms with Gasteiger partial charge in [-0.25, -0.2) is 0 Å². The summed E-state index contributed by atoms with van der Waals surface area (Å²) < 4.78 is 0. The van der Waals surface area contributed by atoms with Crippen molar-refractivity contribution in [1.82, 2.24) is 5.32 Å². The Balaban J connectivity index is 0.00000144. The zero-order chi connectivity index (χ0) is 9.14. The number of carboxylic acids is 1. The van der Waals surface area contributed by atoms with Crippen molar-refractivity contribution in [1.29, 1.82) is 0 Å². The van der Waals surface area contributed by atoms with E-state index in [9.17, 15) is 4.79 Å². The monoisotopic (exact) mass is 207 g/mol. The van der Waals surface area contributed by atoms with Crippen molar-refractivity contribution in [2.45, 2.75) is 20.3 Å². The minimum absolute atomic E-state index is 0. The van der Waals surface area contributed by atoms with Crippen LogP contribution in [0.5, 0.6) is 0 Å². The van der Waals surface area contributed by atoms with E-state index in [0.717, 1.165) is 13.0 Å². The van der Waals surface area contributed by atoms with Gasteiger partial charge in [-0.15, -0.1) is 12.4 Å². The Morgan fingerprint density at radius 1 is 1.54 bits per heavy atom. The van der Waals surface area contributed by atoms with Crippen molar-refractivity contribution >= 4 is 18.4 Å². The predicted molar refractivity (Wildman–Crippen MR) is 54.2 cm³/mol. The minimum Gasteiger partial charge on any atom is -0.481 e. The maximum absolute atomic E-state index is 10.8. The summed E-state index contributed by atoms with van der Waals surface area (Å²) in [6.07, 6.45) is 1.02. The van der Waals surface area contributed by atoms with Crippen LogP contribution in [0, 0.1) is 17.8 Å². The van der Waals surface area contributed by atoms with Gasteiger partial charge in [-0.3, -0.25) is 4.79 Å². The number of carboxylic acid groups (broad SMARTS) is 1. The van der Waals surface area contributed by atoms with Crippen LogP contribution < -0.4 is 5.32 Å². The van der Waals surface area contributed by atoms with Gasteiger partial charge in [0.15, 0.2) is 0 Å². The van der Waals surface area contributed by atoms with Crippen LogP contribution in [0.2, 0.25) is 0 Å². The second-order valence-corrected chi connectivity index (χ2v) is 3.99. The molecule has 0 aliphatic carbocycles. The average molecular weight is 208 g/mol. The summed E-state index contributed by atoms with van der Waals surface area (Å²) in [5.74, 6) is 0.122. The molecule has 4 heteroatoms. The Labute approximate surface area is 85.3 Å². The quantitative estimate of drug-likeness (QED) is 0.735. The summed E-state index contributed by atoms with van der Waals surface area (Å²) in [6.45, 7) is 5.79. The molecule has 0 amide bonds. The Bertz CT molecular complexity index is 173. The number of aliphatic carboxylic acids is 1. The van der Waals surface area contributed by atoms with Crippen LogP contribution >= 0.6 is 12.4 Å². The summed E-state index contributed by atoms with van der Waals surface area (Å²) in [6, 6.07) is 0. The number of hydrogen-bond donors (Lipinski definition) is 2. The molecular formula is C9H18ClNO2. The first-order valence-electron chi connectivity index (χ1n) is 4.54. The summed E-state index contributed by atoms with van der Waals surface area (Å²) in [5.41, 5.74) is 0. The van der Waals surface area contributed by atoms with Crippen molar-refractivity contribution in [2.75, 3.05) is 13.1 Å². The minimum atomic E-state index is -0.648. The summed E-state index contributed by atoms with van der Waals surface area (Å²) >= 11 is 0. The smallest absolute Gasteiger partial charge is 0.308 e. The van der Waals surface area contributed by atoms with Crippen molar-refractivity contribution in [3.8, 4) is 0 Å². The third-order valence-electron chi connectivity index (χ3n) is 2.43. The van der Waals surface area contributed by atoms with Gasteiger partial charge in [0.25, 0.3) is 0 Å². The summed E-state index contributed by atoms with van der Waals surface area (Å²) in [7, 11) is 0. The average Bonchev–Trinajstić information content (AvgIpc) is 2.33. The molecule has 78 valence electrons. The number of rotatable bonds is 3. The van der Waals surface area contributed by atoms with Crippen LogP contribution in [-0.4, -0.2) is 24.2 Å². The number of hydrogen-bond acceptors (Lipinski definition) is 2. The molecule has 0 aromatic rings. The second kappa shape index (κ2) is 5.45. The van der Waals surface area contributed by atoms with E-state index in [-0.39, 0.29) is 18.3 Å². The van der Waals surface area contributed by atoms with E-state index in [1.807, 2.05) is 0 Å².